The fraction of sp³-hybridized carbons (Fsp3) is 0.462. The third kappa shape index (κ3) is 3.49. The molecule has 1 aromatic heterocycles. The summed E-state index contributed by atoms with van der Waals surface area (Å²) in [6, 6.07) is 1.58. The summed E-state index contributed by atoms with van der Waals surface area (Å²) in [5, 5.41) is 12.0. The van der Waals surface area contributed by atoms with Crippen LogP contribution in [0.15, 0.2) is 16.7 Å². The van der Waals surface area contributed by atoms with Crippen LogP contribution in [-0.4, -0.2) is 27.5 Å². The summed E-state index contributed by atoms with van der Waals surface area (Å²) in [6.45, 7) is 0. The highest BCUT2D eigenvalue weighted by atomic mass is 79.9. The van der Waals surface area contributed by atoms with Gasteiger partial charge in [0, 0.05) is 10.7 Å². The van der Waals surface area contributed by atoms with Gasteiger partial charge in [0.2, 0.25) is 0 Å². The molecule has 0 saturated heterocycles. The van der Waals surface area contributed by atoms with Gasteiger partial charge in [-0.3, -0.25) is 9.59 Å². The maximum absolute atomic E-state index is 12.3. The van der Waals surface area contributed by atoms with Crippen LogP contribution in [0, 0.1) is 0 Å². The Bertz CT molecular complexity index is 544. The van der Waals surface area contributed by atoms with Crippen molar-refractivity contribution in [1.29, 1.82) is 0 Å². The lowest BCUT2D eigenvalue weighted by atomic mass is 9.93. The number of pyridine rings is 1. The van der Waals surface area contributed by atoms with Gasteiger partial charge in [-0.1, -0.05) is 24.4 Å². The first-order chi connectivity index (χ1) is 9.42. The second kappa shape index (κ2) is 6.10. The zero-order valence-electron chi connectivity index (χ0n) is 10.7. The van der Waals surface area contributed by atoms with Gasteiger partial charge < -0.3 is 10.4 Å². The minimum absolute atomic E-state index is 0.0716. The van der Waals surface area contributed by atoms with Crippen molar-refractivity contribution in [2.45, 2.75) is 37.6 Å². The number of carboxylic acid groups (broad SMARTS) is 1. The van der Waals surface area contributed by atoms with Gasteiger partial charge in [-0.25, -0.2) is 4.98 Å². The highest BCUT2D eigenvalue weighted by Gasteiger charge is 2.38. The van der Waals surface area contributed by atoms with E-state index < -0.39 is 11.5 Å². The molecule has 1 fully saturated rings. The van der Waals surface area contributed by atoms with Crippen molar-refractivity contribution >= 4 is 39.4 Å². The minimum atomic E-state index is -0.911. The average Bonchev–Trinajstić information content (AvgIpc) is 2.79. The standard InChI is InChI=1S/C13H14BrClN2O3/c14-8-5-9(11(15)16-7-8)12(20)17-13(6-10(18)19)3-1-2-4-13/h5,7H,1-4,6H2,(H,17,20)(H,18,19). The van der Waals surface area contributed by atoms with Gasteiger partial charge >= 0.3 is 5.97 Å². The summed E-state index contributed by atoms with van der Waals surface area (Å²) in [7, 11) is 0. The number of hydrogen-bond donors (Lipinski definition) is 2. The predicted molar refractivity (Wildman–Crippen MR) is 77.9 cm³/mol. The number of hydrogen-bond acceptors (Lipinski definition) is 3. The number of carboxylic acids is 1. The Morgan fingerprint density at radius 1 is 1.45 bits per heavy atom. The lowest BCUT2D eigenvalue weighted by Crippen LogP contribution is -2.47. The number of halogens is 2. The van der Waals surface area contributed by atoms with Crippen LogP contribution in [0.2, 0.25) is 5.15 Å². The molecule has 5 nitrogen and oxygen atoms in total. The molecule has 1 heterocycles. The molecule has 1 aliphatic carbocycles. The van der Waals surface area contributed by atoms with Crippen LogP contribution >= 0.6 is 27.5 Å². The van der Waals surface area contributed by atoms with Crippen molar-refractivity contribution < 1.29 is 14.7 Å². The molecule has 0 aromatic carbocycles. The highest BCUT2D eigenvalue weighted by Crippen LogP contribution is 2.33. The van der Waals surface area contributed by atoms with E-state index in [1.54, 1.807) is 6.07 Å². The molecule has 0 unspecified atom stereocenters. The van der Waals surface area contributed by atoms with Crippen LogP contribution < -0.4 is 5.32 Å². The smallest absolute Gasteiger partial charge is 0.305 e. The number of aromatic nitrogens is 1. The number of nitrogens with zero attached hydrogens (tertiary/aromatic N) is 1. The third-order valence-corrected chi connectivity index (χ3v) is 4.21. The summed E-state index contributed by atoms with van der Waals surface area (Å²) in [5.41, 5.74) is -0.424. The van der Waals surface area contributed by atoms with Crippen molar-refractivity contribution in [2.24, 2.45) is 0 Å². The van der Waals surface area contributed by atoms with Crippen LogP contribution in [0.1, 0.15) is 42.5 Å². The van der Waals surface area contributed by atoms with E-state index in [0.29, 0.717) is 17.3 Å². The van der Waals surface area contributed by atoms with Gasteiger partial charge in [0.1, 0.15) is 5.15 Å². The molecule has 0 radical (unpaired) electrons. The second-order valence-electron chi connectivity index (χ2n) is 5.00. The molecule has 2 rings (SSSR count). The summed E-state index contributed by atoms with van der Waals surface area (Å²) in [4.78, 5) is 27.2. The summed E-state index contributed by atoms with van der Waals surface area (Å²) in [5.74, 6) is -1.29. The third-order valence-electron chi connectivity index (χ3n) is 3.48. The SMILES string of the molecule is O=C(O)CC1(NC(=O)c2cc(Br)cnc2Cl)CCCC1. The van der Waals surface area contributed by atoms with Gasteiger partial charge in [-0.05, 0) is 34.8 Å². The molecule has 0 bridgehead atoms. The Labute approximate surface area is 129 Å². The van der Waals surface area contributed by atoms with E-state index in [0.717, 1.165) is 12.8 Å². The van der Waals surface area contributed by atoms with Gasteiger partial charge in [0.15, 0.2) is 0 Å². The van der Waals surface area contributed by atoms with E-state index >= 15 is 0 Å². The summed E-state index contributed by atoms with van der Waals surface area (Å²) < 4.78 is 0.644. The fourth-order valence-electron chi connectivity index (χ4n) is 2.58. The van der Waals surface area contributed by atoms with Crippen LogP contribution in [-0.2, 0) is 4.79 Å². The molecule has 2 N–H and O–H groups in total. The largest absolute Gasteiger partial charge is 0.481 e. The first-order valence-corrected chi connectivity index (χ1v) is 7.44. The van der Waals surface area contributed by atoms with E-state index in [2.05, 4.69) is 26.2 Å². The molecule has 1 amide bonds. The number of aliphatic carboxylic acids is 1. The molecular formula is C13H14BrClN2O3. The lowest BCUT2D eigenvalue weighted by molar-refractivity contribution is -0.138. The van der Waals surface area contributed by atoms with E-state index in [1.165, 1.54) is 6.20 Å². The summed E-state index contributed by atoms with van der Waals surface area (Å²) in [6.07, 6.45) is 4.60. The Balaban J connectivity index is 2.20. The van der Waals surface area contributed by atoms with Crippen LogP contribution in [0.5, 0.6) is 0 Å². The molecule has 20 heavy (non-hydrogen) atoms. The minimum Gasteiger partial charge on any atom is -0.481 e. The van der Waals surface area contributed by atoms with Gasteiger partial charge in [-0.2, -0.15) is 0 Å². The van der Waals surface area contributed by atoms with Crippen molar-refractivity contribution in [3.63, 3.8) is 0 Å². The predicted octanol–water partition coefficient (Wildman–Crippen LogP) is 3.01. The molecule has 1 aliphatic rings. The maximum atomic E-state index is 12.3. The number of carbonyl (C=O) groups is 2. The topological polar surface area (TPSA) is 79.3 Å². The Kier molecular flexibility index (Phi) is 4.65. The molecule has 0 spiro atoms. The summed E-state index contributed by atoms with van der Waals surface area (Å²) >= 11 is 9.15. The number of rotatable bonds is 4. The monoisotopic (exact) mass is 360 g/mol. The molecule has 108 valence electrons. The lowest BCUT2D eigenvalue weighted by Gasteiger charge is -2.28. The Hall–Kier alpha value is -1.14. The first-order valence-electron chi connectivity index (χ1n) is 6.27. The van der Waals surface area contributed by atoms with E-state index in [4.69, 9.17) is 16.7 Å². The highest BCUT2D eigenvalue weighted by molar-refractivity contribution is 9.10. The van der Waals surface area contributed by atoms with Gasteiger partial charge in [-0.15, -0.1) is 0 Å². The van der Waals surface area contributed by atoms with Crippen molar-refractivity contribution in [3.8, 4) is 0 Å². The second-order valence-corrected chi connectivity index (χ2v) is 6.28. The van der Waals surface area contributed by atoms with Crippen LogP contribution in [0.25, 0.3) is 0 Å². The number of amides is 1. The number of nitrogens with one attached hydrogen (secondary N) is 1. The normalized spacial score (nSPS) is 16.9. The zero-order chi connectivity index (χ0) is 14.8. The van der Waals surface area contributed by atoms with E-state index in [9.17, 15) is 9.59 Å². The quantitative estimate of drug-likeness (QED) is 0.808. The maximum Gasteiger partial charge on any atom is 0.305 e. The zero-order valence-corrected chi connectivity index (χ0v) is 13.0. The van der Waals surface area contributed by atoms with Crippen molar-refractivity contribution in [3.05, 3.63) is 27.5 Å². The van der Waals surface area contributed by atoms with Crippen LogP contribution in [0.4, 0.5) is 0 Å². The average molecular weight is 362 g/mol. The Morgan fingerprint density at radius 2 is 2.10 bits per heavy atom. The molecule has 1 saturated carbocycles. The fourth-order valence-corrected chi connectivity index (χ4v) is 3.10. The molecule has 0 aliphatic heterocycles. The Morgan fingerprint density at radius 3 is 2.70 bits per heavy atom. The van der Waals surface area contributed by atoms with E-state index in [-0.39, 0.29) is 23.0 Å². The molecular weight excluding hydrogens is 348 g/mol. The number of carbonyl (C=O) groups excluding carboxylic acids is 1. The van der Waals surface area contributed by atoms with E-state index in [1.807, 2.05) is 0 Å². The van der Waals surface area contributed by atoms with Crippen molar-refractivity contribution in [1.82, 2.24) is 10.3 Å². The molecule has 0 atom stereocenters. The first kappa shape index (κ1) is 15.3. The molecule has 7 heteroatoms. The van der Waals surface area contributed by atoms with Gasteiger partial charge in [0.05, 0.1) is 17.5 Å². The van der Waals surface area contributed by atoms with Crippen molar-refractivity contribution in [2.75, 3.05) is 0 Å². The van der Waals surface area contributed by atoms with Gasteiger partial charge in [0.25, 0.3) is 5.91 Å². The molecule has 1 aromatic rings. The van der Waals surface area contributed by atoms with Crippen LogP contribution in [0.3, 0.4) is 0 Å².